The highest BCUT2D eigenvalue weighted by Gasteiger charge is 2.36. The van der Waals surface area contributed by atoms with Gasteiger partial charge >= 0.3 is 0 Å². The Hall–Kier alpha value is -2.36. The molecule has 1 saturated heterocycles. The van der Waals surface area contributed by atoms with Crippen molar-refractivity contribution >= 4 is 11.8 Å². The van der Waals surface area contributed by atoms with Crippen molar-refractivity contribution in [1.29, 1.82) is 0 Å². The molecule has 0 unspecified atom stereocenters. The summed E-state index contributed by atoms with van der Waals surface area (Å²) in [5.74, 6) is -0.260. The first kappa shape index (κ1) is 21.9. The van der Waals surface area contributed by atoms with Crippen LogP contribution in [0, 0.1) is 0 Å². The number of primary amides is 1. The molecule has 1 aliphatic heterocycles. The molecule has 9 nitrogen and oxygen atoms in total. The van der Waals surface area contributed by atoms with Gasteiger partial charge in [0.25, 0.3) is 0 Å². The van der Waals surface area contributed by atoms with Gasteiger partial charge in [0.05, 0.1) is 19.2 Å². The number of likely N-dealkylation sites (tertiary alicyclic amines) is 1. The molecule has 0 radical (unpaired) electrons. The highest BCUT2D eigenvalue weighted by Crippen LogP contribution is 2.28. The molecule has 1 fully saturated rings. The largest absolute Gasteiger partial charge is 0.504 e. The number of unbranched alkanes of at least 4 members (excludes halogenated alkanes) is 1. The molecule has 1 heterocycles. The number of nitrogens with zero attached hydrogens (tertiary/aromatic N) is 1. The minimum absolute atomic E-state index is 0.0307. The van der Waals surface area contributed by atoms with E-state index >= 15 is 0 Å². The Bertz CT molecular complexity index is 684. The lowest BCUT2D eigenvalue weighted by molar-refractivity contribution is -0.124. The van der Waals surface area contributed by atoms with E-state index in [1.54, 1.807) is 12.1 Å². The van der Waals surface area contributed by atoms with E-state index in [1.165, 1.54) is 7.11 Å². The van der Waals surface area contributed by atoms with E-state index in [4.69, 9.17) is 21.9 Å². The molecule has 9 heteroatoms. The molecular weight excluding hydrogens is 362 g/mol. The lowest BCUT2D eigenvalue weighted by atomic mass is 10.1. The fourth-order valence-corrected chi connectivity index (χ4v) is 3.50. The zero-order chi connectivity index (χ0) is 20.7. The number of hydrogen-bond donors (Lipinski definition) is 5. The van der Waals surface area contributed by atoms with Crippen molar-refractivity contribution in [2.75, 3.05) is 20.2 Å². The van der Waals surface area contributed by atoms with Crippen molar-refractivity contribution in [3.8, 4) is 11.5 Å². The number of carbonyl (C=O) groups is 2. The van der Waals surface area contributed by atoms with Gasteiger partial charge in [0.1, 0.15) is 0 Å². The van der Waals surface area contributed by atoms with Gasteiger partial charge in [-0.1, -0.05) is 12.5 Å². The Kier molecular flexibility index (Phi) is 8.04. The Labute approximate surface area is 165 Å². The number of carbonyl (C=O) groups excluding carboxylic acids is 2. The van der Waals surface area contributed by atoms with E-state index in [0.29, 0.717) is 38.2 Å². The highest BCUT2D eigenvalue weighted by molar-refractivity contribution is 5.83. The van der Waals surface area contributed by atoms with Crippen LogP contribution in [0.3, 0.4) is 0 Å². The molecule has 0 spiro atoms. The Morgan fingerprint density at radius 2 is 2.14 bits per heavy atom. The van der Waals surface area contributed by atoms with E-state index in [9.17, 15) is 14.7 Å². The first-order valence-corrected chi connectivity index (χ1v) is 9.51. The predicted molar refractivity (Wildman–Crippen MR) is 105 cm³/mol. The molecule has 28 heavy (non-hydrogen) atoms. The summed E-state index contributed by atoms with van der Waals surface area (Å²) in [6.45, 7) is 1.47. The maximum Gasteiger partial charge on any atom is 0.237 e. The van der Waals surface area contributed by atoms with Gasteiger partial charge in [0.15, 0.2) is 11.5 Å². The fraction of sp³-hybridized carbons (Fsp3) is 0.579. The van der Waals surface area contributed by atoms with E-state index in [1.807, 2.05) is 11.0 Å². The normalized spacial score (nSPS) is 20.7. The maximum atomic E-state index is 12.3. The molecule has 0 saturated carbocycles. The third kappa shape index (κ3) is 5.82. The zero-order valence-electron chi connectivity index (χ0n) is 16.3. The van der Waals surface area contributed by atoms with Gasteiger partial charge in [0.2, 0.25) is 11.8 Å². The quantitative estimate of drug-likeness (QED) is 0.332. The van der Waals surface area contributed by atoms with Crippen LogP contribution in [0.5, 0.6) is 11.5 Å². The second-order valence-corrected chi connectivity index (χ2v) is 7.19. The number of ether oxygens (including phenoxy) is 1. The number of aromatic hydroxyl groups is 1. The highest BCUT2D eigenvalue weighted by atomic mass is 16.5. The van der Waals surface area contributed by atoms with Gasteiger partial charge in [-0.25, -0.2) is 0 Å². The molecule has 2 amide bonds. The zero-order valence-corrected chi connectivity index (χ0v) is 16.3. The van der Waals surface area contributed by atoms with Crippen molar-refractivity contribution in [2.45, 2.75) is 50.4 Å². The van der Waals surface area contributed by atoms with Crippen LogP contribution in [0.25, 0.3) is 0 Å². The van der Waals surface area contributed by atoms with Gasteiger partial charge in [-0.05, 0) is 43.5 Å². The van der Waals surface area contributed by atoms with Crippen LogP contribution >= 0.6 is 0 Å². The van der Waals surface area contributed by atoms with Gasteiger partial charge < -0.3 is 32.4 Å². The molecule has 0 aliphatic carbocycles. The third-order valence-electron chi connectivity index (χ3n) is 5.01. The van der Waals surface area contributed by atoms with Crippen LogP contribution in [-0.2, 0) is 16.1 Å². The van der Waals surface area contributed by atoms with Crippen LogP contribution in [0.4, 0.5) is 0 Å². The van der Waals surface area contributed by atoms with Crippen LogP contribution in [0.1, 0.15) is 31.2 Å². The summed E-state index contributed by atoms with van der Waals surface area (Å²) >= 11 is 0. The summed E-state index contributed by atoms with van der Waals surface area (Å²) in [5, 5.41) is 12.9. The van der Waals surface area contributed by atoms with E-state index in [0.717, 1.165) is 18.4 Å². The molecular formula is C19H31N5O4. The molecule has 8 N–H and O–H groups in total. The Morgan fingerprint density at radius 3 is 2.75 bits per heavy atom. The Balaban J connectivity index is 1.97. The van der Waals surface area contributed by atoms with Crippen molar-refractivity contribution in [3.05, 3.63) is 23.8 Å². The standard InChI is InChI=1S/C19H31N5O4/c1-28-17-6-5-12(8-16(17)25)10-24-11-13(9-15(24)18(22)26)23-19(27)14(21)4-2-3-7-20/h5-6,8,13-15,25H,2-4,7,9-11,20-21H2,1H3,(H2,22,26)(H,23,27)/t13-,14-,15-/m0/s1. The number of nitrogens with two attached hydrogens (primary N) is 3. The first-order valence-electron chi connectivity index (χ1n) is 9.51. The van der Waals surface area contributed by atoms with Crippen molar-refractivity contribution in [2.24, 2.45) is 17.2 Å². The molecule has 1 aromatic rings. The number of nitrogens with one attached hydrogen (secondary N) is 1. The SMILES string of the molecule is COc1ccc(CN2C[C@@H](NC(=O)[C@@H](N)CCCCN)C[C@H]2C(N)=O)cc1O. The minimum Gasteiger partial charge on any atom is -0.504 e. The smallest absolute Gasteiger partial charge is 0.237 e. The molecule has 2 rings (SSSR count). The van der Waals surface area contributed by atoms with Gasteiger partial charge in [-0.2, -0.15) is 0 Å². The van der Waals surface area contributed by atoms with Crippen molar-refractivity contribution in [3.63, 3.8) is 0 Å². The van der Waals surface area contributed by atoms with Crippen molar-refractivity contribution in [1.82, 2.24) is 10.2 Å². The summed E-state index contributed by atoms with van der Waals surface area (Å²) in [5.41, 5.74) is 17.8. The summed E-state index contributed by atoms with van der Waals surface area (Å²) in [7, 11) is 1.48. The summed E-state index contributed by atoms with van der Waals surface area (Å²) in [6, 6.07) is 3.78. The molecule has 156 valence electrons. The summed E-state index contributed by atoms with van der Waals surface area (Å²) in [6.07, 6.45) is 2.63. The van der Waals surface area contributed by atoms with E-state index in [-0.39, 0.29) is 17.7 Å². The van der Waals surface area contributed by atoms with Crippen molar-refractivity contribution < 1.29 is 19.4 Å². The molecule has 0 bridgehead atoms. The summed E-state index contributed by atoms with van der Waals surface area (Å²) in [4.78, 5) is 26.1. The number of methoxy groups -OCH3 is 1. The van der Waals surface area contributed by atoms with Gasteiger partial charge in [-0.15, -0.1) is 0 Å². The average molecular weight is 393 g/mol. The monoisotopic (exact) mass is 393 g/mol. The molecule has 1 aromatic carbocycles. The number of rotatable bonds is 10. The van der Waals surface area contributed by atoms with Crippen LogP contribution in [0.15, 0.2) is 18.2 Å². The first-order chi connectivity index (χ1) is 13.3. The van der Waals surface area contributed by atoms with Gasteiger partial charge in [-0.3, -0.25) is 14.5 Å². The number of hydrogen-bond acceptors (Lipinski definition) is 7. The topological polar surface area (TPSA) is 157 Å². The maximum absolute atomic E-state index is 12.3. The second kappa shape index (κ2) is 10.3. The Morgan fingerprint density at radius 1 is 1.39 bits per heavy atom. The second-order valence-electron chi connectivity index (χ2n) is 7.19. The number of amides is 2. The number of phenols is 1. The molecule has 3 atom stereocenters. The average Bonchev–Trinajstić information content (AvgIpc) is 3.04. The number of benzene rings is 1. The van der Waals surface area contributed by atoms with Crippen LogP contribution in [-0.4, -0.2) is 60.1 Å². The fourth-order valence-electron chi connectivity index (χ4n) is 3.50. The lowest BCUT2D eigenvalue weighted by Gasteiger charge is -2.22. The molecule has 1 aliphatic rings. The van der Waals surface area contributed by atoms with Gasteiger partial charge in [0, 0.05) is 19.1 Å². The van der Waals surface area contributed by atoms with E-state index in [2.05, 4.69) is 5.32 Å². The predicted octanol–water partition coefficient (Wildman–Crippen LogP) is -0.598. The minimum atomic E-state index is -0.592. The van der Waals surface area contributed by atoms with E-state index < -0.39 is 18.0 Å². The van der Waals surface area contributed by atoms with Crippen LogP contribution in [0.2, 0.25) is 0 Å². The lowest BCUT2D eigenvalue weighted by Crippen LogP contribution is -2.46. The van der Waals surface area contributed by atoms with Crippen LogP contribution < -0.4 is 27.3 Å². The number of phenolic OH excluding ortho intramolecular Hbond substituents is 1. The third-order valence-corrected chi connectivity index (χ3v) is 5.01. The summed E-state index contributed by atoms with van der Waals surface area (Å²) < 4.78 is 5.04. The molecule has 0 aromatic heterocycles.